The third-order valence-corrected chi connectivity index (χ3v) is 4.19. The average Bonchev–Trinajstić information content (AvgIpc) is 3.03. The van der Waals surface area contributed by atoms with Gasteiger partial charge in [0.15, 0.2) is 5.69 Å². The maximum absolute atomic E-state index is 12.8. The third-order valence-electron chi connectivity index (χ3n) is 3.99. The molecule has 0 aliphatic carbocycles. The molecule has 142 valence electrons. The molecule has 0 saturated carbocycles. The minimum absolute atomic E-state index is 0.174. The molecule has 2 aromatic heterocycles. The Morgan fingerprint density at radius 3 is 2.52 bits per heavy atom. The van der Waals surface area contributed by atoms with Crippen molar-refractivity contribution in [2.45, 2.75) is 19.3 Å². The lowest BCUT2D eigenvalue weighted by molar-refractivity contribution is -0.140. The Balaban J connectivity index is 1.75. The Hall–Kier alpha value is -2.58. The van der Waals surface area contributed by atoms with Gasteiger partial charge in [-0.1, -0.05) is 35.9 Å². The van der Waals surface area contributed by atoms with Crippen molar-refractivity contribution in [1.29, 1.82) is 0 Å². The fourth-order valence-corrected chi connectivity index (χ4v) is 2.75. The van der Waals surface area contributed by atoms with Crippen LogP contribution in [0, 0.1) is 0 Å². The van der Waals surface area contributed by atoms with Crippen molar-refractivity contribution in [1.82, 2.24) is 14.5 Å². The summed E-state index contributed by atoms with van der Waals surface area (Å²) < 4.78 is 39.7. The lowest BCUT2D eigenvalue weighted by Gasteiger charge is -2.11. The summed E-state index contributed by atoms with van der Waals surface area (Å²) in [4.78, 5) is 7.59. The van der Waals surface area contributed by atoms with Crippen LogP contribution in [0.15, 0.2) is 42.7 Å². The van der Waals surface area contributed by atoms with Gasteiger partial charge in [-0.15, -0.1) is 0 Å². The van der Waals surface area contributed by atoms with Gasteiger partial charge >= 0.3 is 6.18 Å². The Bertz CT molecular complexity index is 939. The number of aromatic nitrogens is 3. The van der Waals surface area contributed by atoms with Crippen molar-refractivity contribution in [3.05, 3.63) is 64.7 Å². The highest BCUT2D eigenvalue weighted by molar-refractivity contribution is 6.29. The second-order valence-corrected chi connectivity index (χ2v) is 6.32. The summed E-state index contributed by atoms with van der Waals surface area (Å²) in [6.07, 6.45) is -2.02. The molecule has 0 aliphatic heterocycles. The van der Waals surface area contributed by atoms with E-state index >= 15 is 0 Å². The highest BCUT2D eigenvalue weighted by Gasteiger charge is 2.34. The molecule has 5 nitrogen and oxygen atoms in total. The van der Waals surface area contributed by atoms with Crippen molar-refractivity contribution in [3.63, 3.8) is 0 Å². The van der Waals surface area contributed by atoms with Gasteiger partial charge in [0.25, 0.3) is 0 Å². The zero-order chi connectivity index (χ0) is 19.6. The number of alkyl halides is 3. The molecule has 9 heteroatoms. The summed E-state index contributed by atoms with van der Waals surface area (Å²) in [7, 11) is 1.52. The van der Waals surface area contributed by atoms with Crippen LogP contribution in [-0.4, -0.2) is 19.6 Å². The first-order chi connectivity index (χ1) is 12.8. The lowest BCUT2D eigenvalue weighted by atomic mass is 10.1. The second-order valence-electron chi connectivity index (χ2n) is 5.93. The molecule has 27 heavy (non-hydrogen) atoms. The largest absolute Gasteiger partial charge is 0.434 e. The molecule has 0 fully saturated rings. The van der Waals surface area contributed by atoms with Crippen LogP contribution in [0.1, 0.15) is 16.8 Å². The number of hydrogen-bond acceptors (Lipinski definition) is 4. The summed E-state index contributed by atoms with van der Waals surface area (Å²) in [5.41, 5.74) is 1.85. The van der Waals surface area contributed by atoms with Gasteiger partial charge in [-0.05, 0) is 11.6 Å². The standard InChI is InChI=1S/C18H16ClF3N4O/c1-26-9-15(18(20,21)22)25-17(26)12-4-2-11(3-5-12)7-23-14-6-16(19)24-8-13(14)10-27/h2-6,8-9,27H,7,10H2,1H3,(H,23,24). The Labute approximate surface area is 158 Å². The zero-order valence-corrected chi connectivity index (χ0v) is 15.0. The Morgan fingerprint density at radius 2 is 1.93 bits per heavy atom. The Morgan fingerprint density at radius 1 is 1.22 bits per heavy atom. The van der Waals surface area contributed by atoms with Crippen LogP contribution < -0.4 is 5.32 Å². The molecular formula is C18H16ClF3N4O. The fraction of sp³-hybridized carbons (Fsp3) is 0.222. The number of benzene rings is 1. The minimum Gasteiger partial charge on any atom is -0.392 e. The van der Waals surface area contributed by atoms with Crippen molar-refractivity contribution in [2.24, 2.45) is 7.05 Å². The number of pyridine rings is 1. The van der Waals surface area contributed by atoms with Crippen LogP contribution >= 0.6 is 11.6 Å². The van der Waals surface area contributed by atoms with Gasteiger partial charge in [-0.2, -0.15) is 13.2 Å². The minimum atomic E-state index is -4.48. The van der Waals surface area contributed by atoms with Gasteiger partial charge < -0.3 is 15.0 Å². The molecule has 0 unspecified atom stereocenters. The molecule has 0 radical (unpaired) electrons. The molecule has 1 aromatic carbocycles. The van der Waals surface area contributed by atoms with E-state index < -0.39 is 11.9 Å². The topological polar surface area (TPSA) is 63.0 Å². The number of nitrogens with one attached hydrogen (secondary N) is 1. The van der Waals surface area contributed by atoms with Crippen molar-refractivity contribution < 1.29 is 18.3 Å². The summed E-state index contributed by atoms with van der Waals surface area (Å²) in [5, 5.41) is 12.8. The van der Waals surface area contributed by atoms with Crippen LogP contribution in [0.5, 0.6) is 0 Å². The average molecular weight is 397 g/mol. The number of nitrogens with zero attached hydrogens (tertiary/aromatic N) is 3. The van der Waals surface area contributed by atoms with E-state index in [0.29, 0.717) is 28.5 Å². The number of aliphatic hydroxyl groups excluding tert-OH is 1. The van der Waals surface area contributed by atoms with E-state index in [0.717, 1.165) is 11.8 Å². The van der Waals surface area contributed by atoms with Gasteiger partial charge in [0.05, 0.1) is 6.61 Å². The lowest BCUT2D eigenvalue weighted by Crippen LogP contribution is -2.05. The van der Waals surface area contributed by atoms with Gasteiger partial charge in [0.1, 0.15) is 11.0 Å². The normalized spacial score (nSPS) is 11.6. The molecule has 0 atom stereocenters. The number of aryl methyl sites for hydroxylation is 1. The number of aliphatic hydroxyl groups is 1. The van der Waals surface area contributed by atoms with Gasteiger partial charge in [0, 0.05) is 42.8 Å². The van der Waals surface area contributed by atoms with Crippen LogP contribution in [0.25, 0.3) is 11.4 Å². The van der Waals surface area contributed by atoms with Crippen molar-refractivity contribution >= 4 is 17.3 Å². The quantitative estimate of drug-likeness (QED) is 0.632. The molecule has 2 N–H and O–H groups in total. The molecule has 3 aromatic rings. The number of anilines is 1. The van der Waals surface area contributed by atoms with E-state index in [1.807, 2.05) is 0 Å². The maximum Gasteiger partial charge on any atom is 0.434 e. The van der Waals surface area contributed by atoms with E-state index in [9.17, 15) is 18.3 Å². The predicted octanol–water partition coefficient (Wildman–Crippen LogP) is 4.26. The SMILES string of the molecule is Cn1cc(C(F)(F)F)nc1-c1ccc(CNc2cc(Cl)ncc2CO)cc1. The first-order valence-electron chi connectivity index (χ1n) is 7.97. The molecule has 0 bridgehead atoms. The van der Waals surface area contributed by atoms with Gasteiger partial charge in [0.2, 0.25) is 0 Å². The van der Waals surface area contributed by atoms with E-state index in [2.05, 4.69) is 15.3 Å². The molecular weight excluding hydrogens is 381 g/mol. The monoisotopic (exact) mass is 396 g/mol. The molecule has 0 aliphatic rings. The van der Waals surface area contributed by atoms with Crippen LogP contribution in [-0.2, 0) is 26.4 Å². The molecule has 2 heterocycles. The summed E-state index contributed by atoms with van der Waals surface area (Å²) in [6, 6.07) is 8.64. The van der Waals surface area contributed by atoms with Gasteiger partial charge in [-0.25, -0.2) is 9.97 Å². The van der Waals surface area contributed by atoms with Gasteiger partial charge in [-0.3, -0.25) is 0 Å². The first kappa shape index (κ1) is 19.2. The van der Waals surface area contributed by atoms with Crippen LogP contribution in [0.2, 0.25) is 5.15 Å². The molecule has 0 saturated heterocycles. The number of hydrogen-bond donors (Lipinski definition) is 2. The van der Waals surface area contributed by atoms with Crippen LogP contribution in [0.4, 0.5) is 18.9 Å². The highest BCUT2D eigenvalue weighted by atomic mass is 35.5. The van der Waals surface area contributed by atoms with E-state index in [1.165, 1.54) is 17.8 Å². The second kappa shape index (κ2) is 7.58. The van der Waals surface area contributed by atoms with E-state index in [-0.39, 0.29) is 12.4 Å². The summed E-state index contributed by atoms with van der Waals surface area (Å²) >= 11 is 5.87. The van der Waals surface area contributed by atoms with E-state index in [4.69, 9.17) is 11.6 Å². The summed E-state index contributed by atoms with van der Waals surface area (Å²) in [5.74, 6) is 0.241. The van der Waals surface area contributed by atoms with E-state index in [1.54, 1.807) is 30.3 Å². The molecule has 0 amide bonds. The predicted molar refractivity (Wildman–Crippen MR) is 96.1 cm³/mol. The number of rotatable bonds is 5. The molecule has 0 spiro atoms. The number of halogens is 4. The summed E-state index contributed by atoms with van der Waals surface area (Å²) in [6.45, 7) is 0.272. The third kappa shape index (κ3) is 4.40. The fourth-order valence-electron chi connectivity index (χ4n) is 2.59. The maximum atomic E-state index is 12.8. The number of imidazole rings is 1. The zero-order valence-electron chi connectivity index (χ0n) is 14.3. The molecule has 3 rings (SSSR count). The highest BCUT2D eigenvalue weighted by Crippen LogP contribution is 2.30. The Kier molecular flexibility index (Phi) is 5.38. The van der Waals surface area contributed by atoms with Crippen LogP contribution in [0.3, 0.4) is 0 Å². The van der Waals surface area contributed by atoms with Crippen molar-refractivity contribution in [2.75, 3.05) is 5.32 Å². The van der Waals surface area contributed by atoms with Crippen molar-refractivity contribution in [3.8, 4) is 11.4 Å². The first-order valence-corrected chi connectivity index (χ1v) is 8.34. The smallest absolute Gasteiger partial charge is 0.392 e.